The van der Waals surface area contributed by atoms with Gasteiger partial charge in [0, 0.05) is 0 Å². The molecule has 0 radical (unpaired) electrons. The average molecular weight is 352 g/mol. The molecule has 0 aliphatic rings. The molecule has 130 valence electrons. The summed E-state index contributed by atoms with van der Waals surface area (Å²) in [7, 11) is 0. The van der Waals surface area contributed by atoms with E-state index in [-0.39, 0.29) is 29.9 Å². The Morgan fingerprint density at radius 3 is 2.54 bits per heavy atom. The number of H-pyrrole nitrogens is 1. The lowest BCUT2D eigenvalue weighted by atomic mass is 10.2. The second-order valence-electron chi connectivity index (χ2n) is 5.64. The van der Waals surface area contributed by atoms with Crippen molar-refractivity contribution in [1.82, 2.24) is 9.97 Å². The number of nitrogens with one attached hydrogen (secondary N) is 1. The van der Waals surface area contributed by atoms with E-state index >= 15 is 0 Å². The highest BCUT2D eigenvalue weighted by Crippen LogP contribution is 2.28. The summed E-state index contributed by atoms with van der Waals surface area (Å²) in [6.07, 6.45) is -0.689. The van der Waals surface area contributed by atoms with Gasteiger partial charge in [-0.25, -0.2) is 9.78 Å². The Kier molecular flexibility index (Phi) is 5.38. The smallest absolute Gasteiger partial charge is 0.348 e. The molecule has 2 aromatic rings. The number of carbonyl (C=O) groups is 2. The van der Waals surface area contributed by atoms with Crippen LogP contribution in [-0.2, 0) is 14.3 Å². The number of thiophene rings is 1. The summed E-state index contributed by atoms with van der Waals surface area (Å²) in [5.41, 5.74) is 0.173. The van der Waals surface area contributed by atoms with Crippen LogP contribution in [0, 0.1) is 12.8 Å². The van der Waals surface area contributed by atoms with Crippen LogP contribution in [0.3, 0.4) is 0 Å². The first-order chi connectivity index (χ1) is 11.3. The van der Waals surface area contributed by atoms with E-state index in [1.165, 1.54) is 0 Å². The normalized spacial score (nSPS) is 12.4. The van der Waals surface area contributed by atoms with Gasteiger partial charge in [0.15, 0.2) is 11.9 Å². The van der Waals surface area contributed by atoms with Crippen molar-refractivity contribution in [3.63, 3.8) is 0 Å². The fourth-order valence-electron chi connectivity index (χ4n) is 2.11. The summed E-state index contributed by atoms with van der Waals surface area (Å²) in [6, 6.07) is 0. The molecule has 2 heterocycles. The van der Waals surface area contributed by atoms with E-state index in [0.29, 0.717) is 20.7 Å². The Labute approximate surface area is 143 Å². The summed E-state index contributed by atoms with van der Waals surface area (Å²) in [6.45, 7) is 8.74. The minimum atomic E-state index is -0.689. The fraction of sp³-hybridized carbons (Fsp3) is 0.500. The molecule has 0 bridgehead atoms. The molecule has 0 saturated heterocycles. The first kappa shape index (κ1) is 18.1. The predicted molar refractivity (Wildman–Crippen MR) is 90.3 cm³/mol. The highest BCUT2D eigenvalue weighted by Gasteiger charge is 2.22. The van der Waals surface area contributed by atoms with Crippen LogP contribution < -0.4 is 5.56 Å². The maximum atomic E-state index is 12.4. The summed E-state index contributed by atoms with van der Waals surface area (Å²) in [5.74, 6) is -0.876. The summed E-state index contributed by atoms with van der Waals surface area (Å²) in [5, 5.41) is 0.356. The van der Waals surface area contributed by atoms with Gasteiger partial charge in [-0.05, 0) is 26.3 Å². The van der Waals surface area contributed by atoms with Crippen molar-refractivity contribution in [3.05, 3.63) is 26.6 Å². The van der Waals surface area contributed by atoms with E-state index < -0.39 is 12.1 Å². The van der Waals surface area contributed by atoms with Crippen molar-refractivity contribution >= 4 is 33.5 Å². The van der Waals surface area contributed by atoms with Crippen molar-refractivity contribution in [2.24, 2.45) is 5.92 Å². The van der Waals surface area contributed by atoms with Crippen molar-refractivity contribution < 1.29 is 19.1 Å². The zero-order chi connectivity index (χ0) is 18.0. The SMILES string of the molecule is CCOC(=O)c1sc2nc([C@@H](C)OC(=O)C(C)C)[nH]c(=O)c2c1C. The van der Waals surface area contributed by atoms with Crippen LogP contribution in [0.1, 0.15) is 54.9 Å². The maximum absolute atomic E-state index is 12.4. The Bertz CT molecular complexity index is 837. The zero-order valence-corrected chi connectivity index (χ0v) is 15.1. The first-order valence-electron chi connectivity index (χ1n) is 7.67. The lowest BCUT2D eigenvalue weighted by molar-refractivity contribution is -0.152. The number of fused-ring (bicyclic) bond motifs is 1. The molecule has 1 N–H and O–H groups in total. The second kappa shape index (κ2) is 7.12. The topological polar surface area (TPSA) is 98.3 Å². The molecule has 24 heavy (non-hydrogen) atoms. The second-order valence-corrected chi connectivity index (χ2v) is 6.64. The van der Waals surface area contributed by atoms with Gasteiger partial charge in [-0.3, -0.25) is 9.59 Å². The Morgan fingerprint density at radius 2 is 1.96 bits per heavy atom. The molecule has 8 heteroatoms. The van der Waals surface area contributed by atoms with E-state index in [1.54, 1.807) is 34.6 Å². The van der Waals surface area contributed by atoms with Gasteiger partial charge in [-0.1, -0.05) is 13.8 Å². The van der Waals surface area contributed by atoms with Crippen LogP contribution in [0.4, 0.5) is 0 Å². The molecule has 0 fully saturated rings. The van der Waals surface area contributed by atoms with E-state index in [9.17, 15) is 14.4 Å². The van der Waals surface area contributed by atoms with Crippen molar-refractivity contribution in [2.45, 2.75) is 40.7 Å². The van der Waals surface area contributed by atoms with E-state index in [0.717, 1.165) is 11.3 Å². The summed E-state index contributed by atoms with van der Waals surface area (Å²) >= 11 is 1.10. The largest absolute Gasteiger partial charge is 0.462 e. The number of hydrogen-bond acceptors (Lipinski definition) is 7. The van der Waals surface area contributed by atoms with Crippen LogP contribution in [0.2, 0.25) is 0 Å². The Hall–Kier alpha value is -2.22. The number of aromatic amines is 1. The van der Waals surface area contributed by atoms with Crippen LogP contribution in [0.15, 0.2) is 4.79 Å². The molecule has 0 saturated carbocycles. The average Bonchev–Trinajstić information content (AvgIpc) is 2.84. The molecule has 2 rings (SSSR count). The highest BCUT2D eigenvalue weighted by molar-refractivity contribution is 7.20. The van der Waals surface area contributed by atoms with Gasteiger partial charge in [-0.15, -0.1) is 11.3 Å². The van der Waals surface area contributed by atoms with Gasteiger partial charge < -0.3 is 14.5 Å². The van der Waals surface area contributed by atoms with Crippen LogP contribution in [0.25, 0.3) is 10.2 Å². The lowest BCUT2D eigenvalue weighted by Gasteiger charge is -2.13. The molecule has 1 atom stereocenters. The Morgan fingerprint density at radius 1 is 1.29 bits per heavy atom. The molecular formula is C16H20N2O5S. The standard InChI is InChI=1S/C16H20N2O5S/c1-6-22-16(21)11-8(4)10-13(19)17-12(18-14(10)24-11)9(5)23-15(20)7(2)3/h7,9H,6H2,1-5H3,(H,17,18,19)/t9-/m1/s1. The van der Waals surface area contributed by atoms with E-state index in [1.807, 2.05) is 0 Å². The van der Waals surface area contributed by atoms with Gasteiger partial charge >= 0.3 is 11.9 Å². The third kappa shape index (κ3) is 3.48. The number of aryl methyl sites for hydroxylation is 1. The molecule has 7 nitrogen and oxygen atoms in total. The number of esters is 2. The number of aromatic nitrogens is 2. The number of rotatable bonds is 5. The Balaban J connectivity index is 2.44. The van der Waals surface area contributed by atoms with Crippen LogP contribution in [0.5, 0.6) is 0 Å². The van der Waals surface area contributed by atoms with Crippen LogP contribution in [-0.4, -0.2) is 28.5 Å². The number of carbonyl (C=O) groups excluding carboxylic acids is 2. The lowest BCUT2D eigenvalue weighted by Crippen LogP contribution is -2.19. The fourth-order valence-corrected chi connectivity index (χ4v) is 3.19. The third-order valence-electron chi connectivity index (χ3n) is 3.43. The van der Waals surface area contributed by atoms with Gasteiger partial charge in [-0.2, -0.15) is 0 Å². The number of hydrogen-bond donors (Lipinski definition) is 1. The molecule has 0 unspecified atom stereocenters. The highest BCUT2D eigenvalue weighted by atomic mass is 32.1. The molecule has 0 amide bonds. The minimum Gasteiger partial charge on any atom is -0.462 e. The van der Waals surface area contributed by atoms with E-state index in [4.69, 9.17) is 9.47 Å². The van der Waals surface area contributed by atoms with Crippen molar-refractivity contribution in [3.8, 4) is 0 Å². The minimum absolute atomic E-state index is 0.248. The van der Waals surface area contributed by atoms with Gasteiger partial charge in [0.2, 0.25) is 0 Å². The quantitative estimate of drug-likeness (QED) is 0.831. The third-order valence-corrected chi connectivity index (χ3v) is 4.59. The number of ether oxygens (including phenoxy) is 2. The molecule has 0 aliphatic carbocycles. The summed E-state index contributed by atoms with van der Waals surface area (Å²) in [4.78, 5) is 43.8. The summed E-state index contributed by atoms with van der Waals surface area (Å²) < 4.78 is 10.3. The molecule has 0 spiro atoms. The molecule has 0 aliphatic heterocycles. The zero-order valence-electron chi connectivity index (χ0n) is 14.3. The van der Waals surface area contributed by atoms with Crippen molar-refractivity contribution in [2.75, 3.05) is 6.61 Å². The van der Waals surface area contributed by atoms with E-state index in [2.05, 4.69) is 9.97 Å². The first-order valence-corrected chi connectivity index (χ1v) is 8.48. The predicted octanol–water partition coefficient (Wildman–Crippen LogP) is 2.73. The maximum Gasteiger partial charge on any atom is 0.348 e. The monoisotopic (exact) mass is 352 g/mol. The van der Waals surface area contributed by atoms with Gasteiger partial charge in [0.05, 0.1) is 17.9 Å². The van der Waals surface area contributed by atoms with Crippen molar-refractivity contribution in [1.29, 1.82) is 0 Å². The van der Waals surface area contributed by atoms with Crippen LogP contribution >= 0.6 is 11.3 Å². The van der Waals surface area contributed by atoms with Gasteiger partial charge in [0.1, 0.15) is 9.71 Å². The number of nitrogens with zero attached hydrogens (tertiary/aromatic N) is 1. The molecule has 2 aromatic heterocycles. The molecular weight excluding hydrogens is 332 g/mol. The molecule has 0 aromatic carbocycles. The van der Waals surface area contributed by atoms with Gasteiger partial charge in [0.25, 0.3) is 5.56 Å².